The van der Waals surface area contributed by atoms with Crippen LogP contribution in [-0.2, 0) is 9.59 Å². The van der Waals surface area contributed by atoms with Crippen LogP contribution in [0.4, 0.5) is 0 Å². The fraction of sp³-hybridized carbons (Fsp3) is 0.440. The van der Waals surface area contributed by atoms with Crippen LogP contribution in [0.3, 0.4) is 0 Å². The highest BCUT2D eigenvalue weighted by molar-refractivity contribution is 5.87. The van der Waals surface area contributed by atoms with Gasteiger partial charge in [-0.15, -0.1) is 0 Å². The molecule has 1 amide bonds. The Morgan fingerprint density at radius 1 is 0.793 bits per heavy atom. The van der Waals surface area contributed by atoms with E-state index in [4.69, 9.17) is 4.74 Å². The molecule has 0 bridgehead atoms. The molecule has 4 heteroatoms. The number of carbonyl (C=O) groups excluding carboxylic acids is 2. The molecule has 0 heterocycles. The lowest BCUT2D eigenvalue weighted by atomic mass is 10.0. The van der Waals surface area contributed by atoms with Crippen LogP contribution in [0.5, 0.6) is 5.75 Å². The highest BCUT2D eigenvalue weighted by Crippen LogP contribution is 2.25. The summed E-state index contributed by atoms with van der Waals surface area (Å²) in [5.41, 5.74) is 2.47. The van der Waals surface area contributed by atoms with Crippen LogP contribution in [0.2, 0.25) is 0 Å². The van der Waals surface area contributed by atoms with Crippen molar-refractivity contribution in [2.24, 2.45) is 0 Å². The summed E-state index contributed by atoms with van der Waals surface area (Å²) in [6.45, 7) is 1.54. The average molecular weight is 395 g/mol. The molecule has 2 aromatic rings. The zero-order valence-electron chi connectivity index (χ0n) is 17.2. The minimum absolute atomic E-state index is 0.580. The van der Waals surface area contributed by atoms with Crippen LogP contribution < -0.4 is 10.1 Å². The molecular formula is C25H32NO3. The predicted molar refractivity (Wildman–Crippen MR) is 118 cm³/mol. The maximum Gasteiger partial charge on any atom is 0.234 e. The van der Waals surface area contributed by atoms with E-state index in [9.17, 15) is 9.59 Å². The highest BCUT2D eigenvalue weighted by atomic mass is 16.5. The van der Waals surface area contributed by atoms with E-state index >= 15 is 0 Å². The third-order valence-corrected chi connectivity index (χ3v) is 5.02. The summed E-state index contributed by atoms with van der Waals surface area (Å²) in [4.78, 5) is 21.2. The molecule has 29 heavy (non-hydrogen) atoms. The molecule has 0 atom stereocenters. The van der Waals surface area contributed by atoms with E-state index < -0.39 is 0 Å². The van der Waals surface area contributed by atoms with Crippen LogP contribution >= 0.6 is 0 Å². The molecule has 0 spiro atoms. The molecule has 0 aromatic heterocycles. The van der Waals surface area contributed by atoms with E-state index in [0.717, 1.165) is 49.3 Å². The molecule has 0 saturated carbocycles. The molecule has 0 unspecified atom stereocenters. The Labute approximate surface area is 174 Å². The summed E-state index contributed by atoms with van der Waals surface area (Å²) >= 11 is 0. The van der Waals surface area contributed by atoms with Gasteiger partial charge in [0.25, 0.3) is 0 Å². The van der Waals surface area contributed by atoms with Gasteiger partial charge in [0.2, 0.25) is 12.7 Å². The van der Waals surface area contributed by atoms with Gasteiger partial charge in [0.1, 0.15) is 5.75 Å². The summed E-state index contributed by atoms with van der Waals surface area (Å²) in [7, 11) is 0. The zero-order valence-corrected chi connectivity index (χ0v) is 17.2. The van der Waals surface area contributed by atoms with Crippen LogP contribution in [0, 0.1) is 0 Å². The Morgan fingerprint density at radius 3 is 2.07 bits per heavy atom. The van der Waals surface area contributed by atoms with Crippen molar-refractivity contribution < 1.29 is 14.3 Å². The van der Waals surface area contributed by atoms with E-state index in [1.165, 1.54) is 44.9 Å². The molecule has 2 rings (SSSR count). The van der Waals surface area contributed by atoms with Crippen molar-refractivity contribution in [3.05, 3.63) is 54.1 Å². The van der Waals surface area contributed by atoms with Crippen molar-refractivity contribution >= 4 is 12.7 Å². The van der Waals surface area contributed by atoms with Crippen molar-refractivity contribution in [1.29, 1.82) is 0 Å². The van der Waals surface area contributed by atoms with Gasteiger partial charge >= 0.3 is 0 Å². The van der Waals surface area contributed by atoms with Gasteiger partial charge in [-0.1, -0.05) is 81.3 Å². The highest BCUT2D eigenvalue weighted by Gasteiger charge is 2.04. The van der Waals surface area contributed by atoms with Crippen LogP contribution in [0.15, 0.2) is 48.5 Å². The first kappa shape index (κ1) is 22.7. The smallest absolute Gasteiger partial charge is 0.234 e. The molecule has 0 aliphatic rings. The number of hydrogen-bond donors (Lipinski definition) is 1. The van der Waals surface area contributed by atoms with E-state index in [2.05, 4.69) is 5.32 Å². The number of carbonyl (C=O) groups is 1. The second-order valence-electron chi connectivity index (χ2n) is 7.27. The summed E-state index contributed by atoms with van der Waals surface area (Å²) in [6, 6.07) is 15.4. The SMILES string of the molecule is O=[C]c1ccccc1-c1ccc(OCCCCCCCCCCCNC=O)cc1. The average Bonchev–Trinajstić information content (AvgIpc) is 2.77. The summed E-state index contributed by atoms with van der Waals surface area (Å²) in [6.07, 6.45) is 13.7. The first-order valence-corrected chi connectivity index (χ1v) is 10.7. The molecule has 0 aliphatic heterocycles. The summed E-state index contributed by atoms with van der Waals surface area (Å²) < 4.78 is 5.84. The van der Waals surface area contributed by atoms with Gasteiger partial charge in [-0.2, -0.15) is 0 Å². The standard InChI is InChI=1S/C25H32NO3/c27-20-23-12-8-9-13-25(23)22-14-16-24(17-15-22)29-19-11-7-5-3-1-2-4-6-10-18-26-21-28/h8-9,12-17,21H,1-7,10-11,18-19H2,(H,26,28). The van der Waals surface area contributed by atoms with Crippen LogP contribution in [0.25, 0.3) is 11.1 Å². The molecule has 0 aliphatic carbocycles. The largest absolute Gasteiger partial charge is 0.494 e. The Balaban J connectivity index is 1.53. The summed E-state index contributed by atoms with van der Waals surface area (Å²) in [5.74, 6) is 0.866. The first-order valence-electron chi connectivity index (χ1n) is 10.7. The normalized spacial score (nSPS) is 10.5. The molecule has 4 nitrogen and oxygen atoms in total. The number of unbranched alkanes of at least 4 members (excludes halogenated alkanes) is 8. The van der Waals surface area contributed by atoms with Crippen molar-refractivity contribution in [3.63, 3.8) is 0 Å². The van der Waals surface area contributed by atoms with Crippen molar-refractivity contribution in [2.45, 2.75) is 57.8 Å². The predicted octanol–water partition coefficient (Wildman–Crippen LogP) is 5.45. The Bertz CT molecular complexity index is 712. The lowest BCUT2D eigenvalue weighted by Gasteiger charge is -2.08. The molecule has 155 valence electrons. The number of rotatable bonds is 16. The van der Waals surface area contributed by atoms with Crippen LogP contribution in [-0.4, -0.2) is 25.8 Å². The minimum Gasteiger partial charge on any atom is -0.494 e. The van der Waals surface area contributed by atoms with Crippen molar-refractivity contribution in [1.82, 2.24) is 5.32 Å². The van der Waals surface area contributed by atoms with Crippen LogP contribution in [0.1, 0.15) is 63.4 Å². The zero-order chi connectivity index (χ0) is 20.6. The fourth-order valence-electron chi connectivity index (χ4n) is 3.37. The van der Waals surface area contributed by atoms with Gasteiger partial charge in [0.05, 0.1) is 6.61 Å². The molecule has 0 fully saturated rings. The number of ether oxygens (including phenoxy) is 1. The van der Waals surface area contributed by atoms with Gasteiger partial charge < -0.3 is 10.1 Å². The van der Waals surface area contributed by atoms with Gasteiger partial charge in [0.15, 0.2) is 0 Å². The molecule has 1 N–H and O–H groups in total. The third kappa shape index (κ3) is 8.95. The van der Waals surface area contributed by atoms with E-state index in [0.29, 0.717) is 5.56 Å². The van der Waals surface area contributed by atoms with Crippen molar-refractivity contribution in [2.75, 3.05) is 13.2 Å². The van der Waals surface area contributed by atoms with Gasteiger partial charge in [-0.3, -0.25) is 9.59 Å². The van der Waals surface area contributed by atoms with Gasteiger partial charge in [-0.25, -0.2) is 0 Å². The molecule has 1 radical (unpaired) electrons. The van der Waals surface area contributed by atoms with E-state index in [1.807, 2.05) is 48.8 Å². The molecule has 0 saturated heterocycles. The van der Waals surface area contributed by atoms with E-state index in [-0.39, 0.29) is 0 Å². The summed E-state index contributed by atoms with van der Waals surface area (Å²) in [5, 5.41) is 2.70. The third-order valence-electron chi connectivity index (χ3n) is 5.02. The Hall–Kier alpha value is -2.62. The van der Waals surface area contributed by atoms with Crippen molar-refractivity contribution in [3.8, 4) is 16.9 Å². The minimum atomic E-state index is 0.580. The number of nitrogens with one attached hydrogen (secondary N) is 1. The number of benzene rings is 2. The number of hydrogen-bond acceptors (Lipinski definition) is 3. The molecular weight excluding hydrogens is 362 g/mol. The second kappa shape index (κ2) is 14.4. The quantitative estimate of drug-likeness (QED) is 0.304. The Morgan fingerprint density at radius 2 is 1.41 bits per heavy atom. The first-order chi connectivity index (χ1) is 14.3. The molecule has 2 aromatic carbocycles. The maximum atomic E-state index is 11.1. The maximum absolute atomic E-state index is 11.1. The van der Waals surface area contributed by atoms with E-state index in [1.54, 1.807) is 6.07 Å². The number of amides is 1. The van der Waals surface area contributed by atoms with Gasteiger partial charge in [-0.05, 0) is 36.1 Å². The fourth-order valence-corrected chi connectivity index (χ4v) is 3.37. The monoisotopic (exact) mass is 394 g/mol. The van der Waals surface area contributed by atoms with Gasteiger partial charge in [0, 0.05) is 12.1 Å². The lowest BCUT2D eigenvalue weighted by Crippen LogP contribution is -2.11. The topological polar surface area (TPSA) is 55.4 Å². The lowest BCUT2D eigenvalue weighted by molar-refractivity contribution is -0.109. The second-order valence-corrected chi connectivity index (χ2v) is 7.27. The Kier molecular flexibility index (Phi) is 11.2.